The number of amides is 1. The Morgan fingerprint density at radius 1 is 1.37 bits per heavy atom. The Hall–Kier alpha value is -1.30. The maximum absolute atomic E-state index is 12.8. The molecule has 2 rings (SSSR count). The molecule has 108 valence electrons. The average Bonchev–Trinajstić information content (AvgIpc) is 2.78. The Kier molecular flexibility index (Phi) is 3.99. The second-order valence-corrected chi connectivity index (χ2v) is 5.44. The molecule has 6 heteroatoms. The second-order valence-electron chi connectivity index (χ2n) is 5.44. The summed E-state index contributed by atoms with van der Waals surface area (Å²) in [5.74, 6) is -0.0191. The molecule has 2 heterocycles. The maximum atomic E-state index is 12.8. The van der Waals surface area contributed by atoms with Crippen LogP contribution in [0.4, 0.5) is 0 Å². The van der Waals surface area contributed by atoms with Gasteiger partial charge in [-0.15, -0.1) is 0 Å². The van der Waals surface area contributed by atoms with Gasteiger partial charge in [0.15, 0.2) is 5.84 Å². The second kappa shape index (κ2) is 5.36. The zero-order valence-corrected chi connectivity index (χ0v) is 11.6. The van der Waals surface area contributed by atoms with E-state index in [4.69, 9.17) is 15.7 Å². The maximum Gasteiger partial charge on any atom is 0.236 e. The summed E-state index contributed by atoms with van der Waals surface area (Å²) < 4.78 is 5.74. The van der Waals surface area contributed by atoms with E-state index < -0.39 is 5.41 Å². The predicted octanol–water partition coefficient (Wildman–Crippen LogP) is 0.929. The highest BCUT2D eigenvalue weighted by Gasteiger charge is 2.46. The third-order valence-corrected chi connectivity index (χ3v) is 4.55. The van der Waals surface area contributed by atoms with Crippen molar-refractivity contribution in [2.75, 3.05) is 13.1 Å². The Balaban J connectivity index is 2.20. The fourth-order valence-corrected chi connectivity index (χ4v) is 3.20. The third kappa shape index (κ3) is 2.29. The molecule has 2 saturated heterocycles. The van der Waals surface area contributed by atoms with Crippen molar-refractivity contribution in [1.82, 2.24) is 4.90 Å². The van der Waals surface area contributed by atoms with Gasteiger partial charge in [0.2, 0.25) is 5.91 Å². The largest absolute Gasteiger partial charge is 0.409 e. The molecule has 2 unspecified atom stereocenters. The Bertz CT molecular complexity index is 367. The molecule has 0 aromatic carbocycles. The lowest BCUT2D eigenvalue weighted by Crippen LogP contribution is -2.55. The highest BCUT2D eigenvalue weighted by molar-refractivity contribution is 6.06. The van der Waals surface area contributed by atoms with Crippen molar-refractivity contribution in [2.24, 2.45) is 16.3 Å². The molecule has 2 atom stereocenters. The number of morpholine rings is 1. The van der Waals surface area contributed by atoms with Gasteiger partial charge in [-0.1, -0.05) is 19.0 Å². The van der Waals surface area contributed by atoms with Gasteiger partial charge in [0.05, 0.1) is 12.2 Å². The number of hydrogen-bond acceptors (Lipinski definition) is 4. The van der Waals surface area contributed by atoms with E-state index in [1.807, 2.05) is 18.7 Å². The number of oxime groups is 1. The van der Waals surface area contributed by atoms with Gasteiger partial charge in [-0.25, -0.2) is 0 Å². The lowest BCUT2D eigenvalue weighted by atomic mass is 9.79. The molecule has 3 N–H and O–H groups in total. The fraction of sp³-hybridized carbons (Fsp3) is 0.846. The normalized spacial score (nSPS) is 27.7. The van der Waals surface area contributed by atoms with Crippen LogP contribution in [0.15, 0.2) is 5.16 Å². The van der Waals surface area contributed by atoms with Crippen molar-refractivity contribution in [3.05, 3.63) is 0 Å². The van der Waals surface area contributed by atoms with E-state index in [9.17, 15) is 4.79 Å². The molecule has 19 heavy (non-hydrogen) atoms. The highest BCUT2D eigenvalue weighted by Crippen LogP contribution is 2.33. The van der Waals surface area contributed by atoms with Gasteiger partial charge in [0.1, 0.15) is 5.41 Å². The van der Waals surface area contributed by atoms with Crippen molar-refractivity contribution in [1.29, 1.82) is 0 Å². The van der Waals surface area contributed by atoms with Crippen LogP contribution in [0.2, 0.25) is 0 Å². The summed E-state index contributed by atoms with van der Waals surface area (Å²) in [5.41, 5.74) is 4.90. The van der Waals surface area contributed by atoms with Crippen molar-refractivity contribution in [2.45, 2.75) is 51.7 Å². The summed E-state index contributed by atoms with van der Waals surface area (Å²) in [6, 6.07) is 0. The molecule has 1 amide bonds. The number of rotatable bonds is 4. The van der Waals surface area contributed by atoms with E-state index in [-0.39, 0.29) is 24.0 Å². The minimum Gasteiger partial charge on any atom is -0.409 e. The van der Waals surface area contributed by atoms with Gasteiger partial charge in [0.25, 0.3) is 0 Å². The average molecular weight is 269 g/mol. The van der Waals surface area contributed by atoms with Gasteiger partial charge < -0.3 is 20.6 Å². The number of amidine groups is 1. The minimum absolute atomic E-state index is 0.0151. The van der Waals surface area contributed by atoms with Crippen LogP contribution in [0.5, 0.6) is 0 Å². The van der Waals surface area contributed by atoms with E-state index in [1.165, 1.54) is 0 Å². The number of nitrogens with zero attached hydrogens (tertiary/aromatic N) is 2. The van der Waals surface area contributed by atoms with Crippen molar-refractivity contribution in [3.63, 3.8) is 0 Å². The van der Waals surface area contributed by atoms with E-state index in [0.717, 1.165) is 12.8 Å². The number of nitrogens with two attached hydrogens (primary N) is 1. The Morgan fingerprint density at radius 2 is 1.89 bits per heavy atom. The number of likely N-dealkylation sites (tertiary alicyclic amines) is 1. The Morgan fingerprint density at radius 3 is 2.32 bits per heavy atom. The first kappa shape index (κ1) is 14.1. The monoisotopic (exact) mass is 269 g/mol. The minimum atomic E-state index is -0.883. The van der Waals surface area contributed by atoms with Crippen LogP contribution < -0.4 is 5.73 Å². The molecular formula is C13H23N3O3. The van der Waals surface area contributed by atoms with Crippen molar-refractivity contribution >= 4 is 11.7 Å². The molecule has 0 spiro atoms. The van der Waals surface area contributed by atoms with E-state index in [1.54, 1.807) is 0 Å². The van der Waals surface area contributed by atoms with Crippen molar-refractivity contribution < 1.29 is 14.7 Å². The first-order chi connectivity index (χ1) is 9.07. The van der Waals surface area contributed by atoms with Gasteiger partial charge in [-0.05, 0) is 25.7 Å². The van der Waals surface area contributed by atoms with Gasteiger partial charge in [0, 0.05) is 13.1 Å². The van der Waals surface area contributed by atoms with E-state index in [2.05, 4.69) is 5.16 Å². The third-order valence-electron chi connectivity index (χ3n) is 4.55. The fourth-order valence-electron chi connectivity index (χ4n) is 3.20. The number of hydrogen-bond donors (Lipinski definition) is 2. The summed E-state index contributed by atoms with van der Waals surface area (Å²) >= 11 is 0. The smallest absolute Gasteiger partial charge is 0.236 e. The molecule has 2 aliphatic heterocycles. The summed E-state index contributed by atoms with van der Waals surface area (Å²) in [6.45, 7) is 5.04. The van der Waals surface area contributed by atoms with Crippen LogP contribution in [0.3, 0.4) is 0 Å². The molecular weight excluding hydrogens is 246 g/mol. The van der Waals surface area contributed by atoms with Crippen LogP contribution in [0.1, 0.15) is 39.5 Å². The van der Waals surface area contributed by atoms with E-state index >= 15 is 0 Å². The summed E-state index contributed by atoms with van der Waals surface area (Å²) in [5, 5.41) is 12.1. The zero-order valence-electron chi connectivity index (χ0n) is 11.6. The van der Waals surface area contributed by atoms with Gasteiger partial charge in [-0.2, -0.15) is 0 Å². The summed E-state index contributed by atoms with van der Waals surface area (Å²) in [7, 11) is 0. The molecule has 0 aromatic rings. The van der Waals surface area contributed by atoms with Gasteiger partial charge in [-0.3, -0.25) is 4.79 Å². The summed E-state index contributed by atoms with van der Waals surface area (Å²) in [6.07, 6.45) is 3.41. The van der Waals surface area contributed by atoms with Crippen LogP contribution in [-0.2, 0) is 9.53 Å². The van der Waals surface area contributed by atoms with Crippen LogP contribution in [0, 0.1) is 5.41 Å². The number of fused-ring (bicyclic) bond motifs is 2. The van der Waals surface area contributed by atoms with Crippen LogP contribution in [0.25, 0.3) is 0 Å². The SMILES string of the molecule is CCC(CC)(C(=O)N1CC2CCC(C1)O2)C(N)=NO. The number of carbonyl (C=O) groups is 1. The van der Waals surface area contributed by atoms with Gasteiger partial charge >= 0.3 is 0 Å². The van der Waals surface area contributed by atoms with Crippen LogP contribution >= 0.6 is 0 Å². The summed E-state index contributed by atoms with van der Waals surface area (Å²) in [4.78, 5) is 14.6. The van der Waals surface area contributed by atoms with Crippen molar-refractivity contribution in [3.8, 4) is 0 Å². The van der Waals surface area contributed by atoms with Crippen LogP contribution in [-0.4, -0.2) is 47.1 Å². The molecule has 0 saturated carbocycles. The molecule has 2 fully saturated rings. The lowest BCUT2D eigenvalue weighted by Gasteiger charge is -2.39. The first-order valence-corrected chi connectivity index (χ1v) is 7.00. The predicted molar refractivity (Wildman–Crippen MR) is 70.9 cm³/mol. The first-order valence-electron chi connectivity index (χ1n) is 7.00. The molecule has 0 aromatic heterocycles. The number of carbonyl (C=O) groups excluding carboxylic acids is 1. The zero-order chi connectivity index (χ0) is 14.0. The lowest BCUT2D eigenvalue weighted by molar-refractivity contribution is -0.147. The Labute approximate surface area is 113 Å². The topological polar surface area (TPSA) is 88.2 Å². The molecule has 0 radical (unpaired) electrons. The molecule has 0 aliphatic carbocycles. The quantitative estimate of drug-likeness (QED) is 0.344. The standard InChI is InChI=1S/C13H23N3O3/c1-3-13(4-2,11(14)15-18)12(17)16-7-9-5-6-10(8-16)19-9/h9-10,18H,3-8H2,1-2H3,(H2,14,15). The number of ether oxygens (including phenoxy) is 1. The van der Waals surface area contributed by atoms with E-state index in [0.29, 0.717) is 25.9 Å². The highest BCUT2D eigenvalue weighted by atomic mass is 16.5. The molecule has 2 bridgehead atoms. The molecule has 2 aliphatic rings. The molecule has 6 nitrogen and oxygen atoms in total.